The lowest BCUT2D eigenvalue weighted by Gasteiger charge is -2.41. The highest BCUT2D eigenvalue weighted by atomic mass is 15.1. The Morgan fingerprint density at radius 3 is 2.26 bits per heavy atom. The van der Waals surface area contributed by atoms with Crippen molar-refractivity contribution in [2.24, 2.45) is 0 Å². The number of pyridine rings is 1. The minimum absolute atomic E-state index is 0.141. The molecule has 0 radical (unpaired) electrons. The summed E-state index contributed by atoms with van der Waals surface area (Å²) in [6.45, 7) is 2.29. The van der Waals surface area contributed by atoms with E-state index >= 15 is 0 Å². The van der Waals surface area contributed by atoms with E-state index in [1.807, 2.05) is 12.4 Å². The van der Waals surface area contributed by atoms with E-state index < -0.39 is 0 Å². The van der Waals surface area contributed by atoms with Gasteiger partial charge in [0.15, 0.2) is 0 Å². The number of nitrogens with zero attached hydrogens (tertiary/aromatic N) is 2. The molecule has 1 aliphatic heterocycles. The van der Waals surface area contributed by atoms with Gasteiger partial charge in [0, 0.05) is 17.8 Å². The molecule has 1 aliphatic rings. The molecule has 19 heavy (non-hydrogen) atoms. The number of aromatic nitrogens is 1. The first-order valence-corrected chi connectivity index (χ1v) is 6.96. The van der Waals surface area contributed by atoms with E-state index in [4.69, 9.17) is 0 Å². The number of rotatable bonds is 2. The van der Waals surface area contributed by atoms with Crippen LogP contribution in [0.5, 0.6) is 0 Å². The fraction of sp³-hybridized carbons (Fsp3) is 0.353. The van der Waals surface area contributed by atoms with Gasteiger partial charge in [0.25, 0.3) is 0 Å². The highest BCUT2D eigenvalue weighted by Crippen LogP contribution is 2.40. The molecule has 0 atom stereocenters. The van der Waals surface area contributed by atoms with Gasteiger partial charge in [-0.3, -0.25) is 4.98 Å². The van der Waals surface area contributed by atoms with Crippen molar-refractivity contribution in [2.45, 2.75) is 18.3 Å². The Morgan fingerprint density at radius 2 is 1.63 bits per heavy atom. The molecule has 0 unspecified atom stereocenters. The Balaban J connectivity index is 2.06. The molecule has 2 heteroatoms. The van der Waals surface area contributed by atoms with Crippen molar-refractivity contribution in [1.82, 2.24) is 9.88 Å². The highest BCUT2D eigenvalue weighted by Gasteiger charge is 2.36. The third-order valence-corrected chi connectivity index (χ3v) is 4.38. The maximum absolute atomic E-state index is 4.34. The van der Waals surface area contributed by atoms with Gasteiger partial charge in [-0.05, 0) is 50.2 Å². The third-order valence-electron chi connectivity index (χ3n) is 4.38. The van der Waals surface area contributed by atoms with Gasteiger partial charge < -0.3 is 4.90 Å². The zero-order chi connectivity index (χ0) is 13.1. The Kier molecular flexibility index (Phi) is 3.34. The van der Waals surface area contributed by atoms with Gasteiger partial charge in [-0.25, -0.2) is 0 Å². The van der Waals surface area contributed by atoms with Crippen LogP contribution in [0.15, 0.2) is 54.9 Å². The summed E-state index contributed by atoms with van der Waals surface area (Å²) in [6.07, 6.45) is 6.23. The molecular formula is C17H20N2. The number of benzene rings is 1. The SMILES string of the molecule is CN1CCC(c2ccccc2)(c2cccnc2)CC1. The van der Waals surface area contributed by atoms with Gasteiger partial charge in [-0.1, -0.05) is 36.4 Å². The second-order valence-electron chi connectivity index (χ2n) is 5.49. The minimum Gasteiger partial charge on any atom is -0.306 e. The molecule has 0 spiro atoms. The van der Waals surface area contributed by atoms with Crippen LogP contribution in [0.4, 0.5) is 0 Å². The maximum atomic E-state index is 4.34. The Bertz CT molecular complexity index is 472. The van der Waals surface area contributed by atoms with E-state index in [-0.39, 0.29) is 5.41 Å². The average Bonchev–Trinajstić information content (AvgIpc) is 2.50. The van der Waals surface area contributed by atoms with Gasteiger partial charge in [0.2, 0.25) is 0 Å². The molecule has 0 amide bonds. The van der Waals surface area contributed by atoms with Crippen LogP contribution in [0.3, 0.4) is 0 Å². The van der Waals surface area contributed by atoms with Crippen LogP contribution in [0.2, 0.25) is 0 Å². The van der Waals surface area contributed by atoms with Crippen LogP contribution in [-0.2, 0) is 5.41 Å². The lowest BCUT2D eigenvalue weighted by atomic mass is 9.68. The molecular weight excluding hydrogens is 232 g/mol. The van der Waals surface area contributed by atoms with E-state index in [1.165, 1.54) is 24.0 Å². The quantitative estimate of drug-likeness (QED) is 0.816. The van der Waals surface area contributed by atoms with Crippen molar-refractivity contribution >= 4 is 0 Å². The molecule has 1 fully saturated rings. The van der Waals surface area contributed by atoms with Gasteiger partial charge in [0.1, 0.15) is 0 Å². The van der Waals surface area contributed by atoms with Crippen molar-refractivity contribution in [3.8, 4) is 0 Å². The lowest BCUT2D eigenvalue weighted by molar-refractivity contribution is 0.213. The zero-order valence-electron chi connectivity index (χ0n) is 11.4. The van der Waals surface area contributed by atoms with Crippen LogP contribution in [-0.4, -0.2) is 30.0 Å². The summed E-state index contributed by atoms with van der Waals surface area (Å²) in [5, 5.41) is 0. The second-order valence-corrected chi connectivity index (χ2v) is 5.49. The van der Waals surface area contributed by atoms with Crippen LogP contribution in [0.25, 0.3) is 0 Å². The largest absolute Gasteiger partial charge is 0.306 e. The first-order chi connectivity index (χ1) is 9.31. The molecule has 98 valence electrons. The van der Waals surface area contributed by atoms with Crippen molar-refractivity contribution in [2.75, 3.05) is 20.1 Å². The minimum atomic E-state index is 0.141. The van der Waals surface area contributed by atoms with Crippen molar-refractivity contribution in [3.05, 3.63) is 66.0 Å². The fourth-order valence-electron chi connectivity index (χ4n) is 3.15. The molecule has 0 bridgehead atoms. The van der Waals surface area contributed by atoms with Crippen LogP contribution in [0.1, 0.15) is 24.0 Å². The van der Waals surface area contributed by atoms with Gasteiger partial charge >= 0.3 is 0 Å². The molecule has 3 rings (SSSR count). The molecule has 2 heterocycles. The van der Waals surface area contributed by atoms with Crippen LogP contribution in [0, 0.1) is 0 Å². The van der Waals surface area contributed by atoms with E-state index in [2.05, 4.69) is 59.4 Å². The van der Waals surface area contributed by atoms with Crippen molar-refractivity contribution < 1.29 is 0 Å². The first-order valence-electron chi connectivity index (χ1n) is 6.96. The third kappa shape index (κ3) is 2.28. The summed E-state index contributed by atoms with van der Waals surface area (Å²) in [5.41, 5.74) is 2.92. The molecule has 0 N–H and O–H groups in total. The summed E-state index contributed by atoms with van der Waals surface area (Å²) < 4.78 is 0. The number of hydrogen-bond donors (Lipinski definition) is 0. The van der Waals surface area contributed by atoms with Crippen molar-refractivity contribution in [1.29, 1.82) is 0 Å². The zero-order valence-corrected chi connectivity index (χ0v) is 11.4. The predicted octanol–water partition coefficient (Wildman–Crippen LogP) is 3.09. The first kappa shape index (κ1) is 12.4. The monoisotopic (exact) mass is 252 g/mol. The van der Waals surface area contributed by atoms with Crippen LogP contribution >= 0.6 is 0 Å². The molecule has 2 nitrogen and oxygen atoms in total. The molecule has 2 aromatic rings. The van der Waals surface area contributed by atoms with Crippen LogP contribution < -0.4 is 0 Å². The lowest BCUT2D eigenvalue weighted by Crippen LogP contribution is -2.41. The second kappa shape index (κ2) is 5.14. The summed E-state index contributed by atoms with van der Waals surface area (Å²) in [7, 11) is 2.21. The maximum Gasteiger partial charge on any atom is 0.0308 e. The van der Waals surface area contributed by atoms with E-state index in [0.29, 0.717) is 0 Å². The molecule has 1 aromatic carbocycles. The Hall–Kier alpha value is -1.67. The molecule has 1 aromatic heterocycles. The Labute approximate surface area is 115 Å². The Morgan fingerprint density at radius 1 is 0.947 bits per heavy atom. The molecule has 0 saturated carbocycles. The van der Waals surface area contributed by atoms with Crippen molar-refractivity contribution in [3.63, 3.8) is 0 Å². The standard InChI is InChI=1S/C17H20N2/c1-19-12-9-17(10-13-19,15-6-3-2-4-7-15)16-8-5-11-18-14-16/h2-8,11,14H,9-10,12-13H2,1H3. The normalized spacial score (nSPS) is 19.2. The highest BCUT2D eigenvalue weighted by molar-refractivity contribution is 5.38. The van der Waals surface area contributed by atoms with E-state index in [1.54, 1.807) is 0 Å². The summed E-state index contributed by atoms with van der Waals surface area (Å²) >= 11 is 0. The fourth-order valence-corrected chi connectivity index (χ4v) is 3.15. The molecule has 0 aliphatic carbocycles. The topological polar surface area (TPSA) is 16.1 Å². The van der Waals surface area contributed by atoms with E-state index in [0.717, 1.165) is 13.1 Å². The van der Waals surface area contributed by atoms with Gasteiger partial charge in [-0.2, -0.15) is 0 Å². The predicted molar refractivity (Wildman–Crippen MR) is 78.2 cm³/mol. The number of piperidine rings is 1. The smallest absolute Gasteiger partial charge is 0.0308 e. The van der Waals surface area contributed by atoms with Gasteiger partial charge in [0.05, 0.1) is 0 Å². The average molecular weight is 252 g/mol. The summed E-state index contributed by atoms with van der Waals surface area (Å²) in [5.74, 6) is 0. The number of hydrogen-bond acceptors (Lipinski definition) is 2. The molecule has 1 saturated heterocycles. The summed E-state index contributed by atoms with van der Waals surface area (Å²) in [6, 6.07) is 15.2. The summed E-state index contributed by atoms with van der Waals surface area (Å²) in [4.78, 5) is 6.75. The van der Waals surface area contributed by atoms with Gasteiger partial charge in [-0.15, -0.1) is 0 Å². The number of likely N-dealkylation sites (tertiary alicyclic amines) is 1. The van der Waals surface area contributed by atoms with E-state index in [9.17, 15) is 0 Å².